The van der Waals surface area contributed by atoms with Crippen molar-refractivity contribution in [2.24, 2.45) is 5.92 Å². The maximum Gasteiger partial charge on any atom is 0.296 e. The van der Waals surface area contributed by atoms with E-state index in [-0.39, 0.29) is 6.42 Å². The number of hydrogen-bond donors (Lipinski definition) is 0. The Kier molecular flexibility index (Phi) is 2.88. The second-order valence-corrected chi connectivity index (χ2v) is 4.44. The van der Waals surface area contributed by atoms with Crippen LogP contribution in [0.4, 0.5) is 8.78 Å². The zero-order chi connectivity index (χ0) is 11.9. The van der Waals surface area contributed by atoms with Crippen molar-refractivity contribution < 1.29 is 18.4 Å². The highest BCUT2D eigenvalue weighted by Gasteiger charge is 2.39. The van der Waals surface area contributed by atoms with Crippen molar-refractivity contribution in [1.82, 2.24) is 0 Å². The summed E-state index contributed by atoms with van der Waals surface area (Å²) in [6.45, 7) is 0. The summed E-state index contributed by atoms with van der Waals surface area (Å²) in [4.78, 5) is 22.9. The number of benzene rings is 1. The van der Waals surface area contributed by atoms with Crippen LogP contribution in [0, 0.1) is 5.92 Å². The van der Waals surface area contributed by atoms with E-state index >= 15 is 0 Å². The Bertz CT molecular complexity index is 471. The average Bonchev–Trinajstić information content (AvgIpc) is 2.57. The number of halogens is 3. The van der Waals surface area contributed by atoms with Crippen LogP contribution in [0.15, 0.2) is 22.7 Å². The number of Topliss-reactive ketones (excluding diaryl/α,β-unsaturated/α-hetero) is 2. The zero-order valence-electron chi connectivity index (χ0n) is 8.04. The SMILES string of the molecule is O=C1c2cccc(Br)c2CC1C(=O)C(F)F. The van der Waals surface area contributed by atoms with Crippen LogP contribution in [0.2, 0.25) is 0 Å². The summed E-state index contributed by atoms with van der Waals surface area (Å²) in [6, 6.07) is 4.93. The van der Waals surface area contributed by atoms with Crippen LogP contribution in [0.3, 0.4) is 0 Å². The highest BCUT2D eigenvalue weighted by molar-refractivity contribution is 9.10. The maximum atomic E-state index is 12.3. The smallest absolute Gasteiger partial charge is 0.293 e. The number of fused-ring (bicyclic) bond motifs is 1. The van der Waals surface area contributed by atoms with E-state index < -0.39 is 23.9 Å². The monoisotopic (exact) mass is 288 g/mol. The van der Waals surface area contributed by atoms with E-state index in [1.165, 1.54) is 0 Å². The van der Waals surface area contributed by atoms with Crippen molar-refractivity contribution in [2.45, 2.75) is 12.8 Å². The van der Waals surface area contributed by atoms with Crippen molar-refractivity contribution in [3.63, 3.8) is 0 Å². The van der Waals surface area contributed by atoms with Gasteiger partial charge in [-0.15, -0.1) is 0 Å². The first-order valence-corrected chi connectivity index (χ1v) is 5.45. The third-order valence-corrected chi connectivity index (χ3v) is 3.41. The van der Waals surface area contributed by atoms with Crippen molar-refractivity contribution in [1.29, 1.82) is 0 Å². The topological polar surface area (TPSA) is 34.1 Å². The van der Waals surface area contributed by atoms with Crippen molar-refractivity contribution in [3.8, 4) is 0 Å². The molecule has 0 saturated carbocycles. The van der Waals surface area contributed by atoms with Crippen molar-refractivity contribution >= 4 is 27.5 Å². The summed E-state index contributed by atoms with van der Waals surface area (Å²) in [5.74, 6) is -3.00. The van der Waals surface area contributed by atoms with Gasteiger partial charge in [0.05, 0.1) is 5.92 Å². The molecule has 0 fully saturated rings. The van der Waals surface area contributed by atoms with Gasteiger partial charge in [-0.05, 0) is 18.1 Å². The van der Waals surface area contributed by atoms with Gasteiger partial charge in [0.1, 0.15) is 0 Å². The molecule has 1 aliphatic rings. The summed E-state index contributed by atoms with van der Waals surface area (Å²) in [6.07, 6.45) is -3.01. The third-order valence-electron chi connectivity index (χ3n) is 2.67. The molecule has 1 aliphatic carbocycles. The lowest BCUT2D eigenvalue weighted by atomic mass is 10.00. The summed E-state index contributed by atoms with van der Waals surface area (Å²) in [5.41, 5.74) is 1.01. The van der Waals surface area contributed by atoms with Gasteiger partial charge in [0, 0.05) is 10.0 Å². The lowest BCUT2D eigenvalue weighted by Crippen LogP contribution is -2.26. The van der Waals surface area contributed by atoms with E-state index in [1.807, 2.05) is 0 Å². The van der Waals surface area contributed by atoms with Gasteiger partial charge in [-0.25, -0.2) is 8.78 Å². The van der Waals surface area contributed by atoms with E-state index in [2.05, 4.69) is 15.9 Å². The third kappa shape index (κ3) is 1.69. The van der Waals surface area contributed by atoms with Crippen molar-refractivity contribution in [3.05, 3.63) is 33.8 Å². The minimum Gasteiger partial charge on any atom is -0.293 e. The quantitative estimate of drug-likeness (QED) is 0.784. The Balaban J connectivity index is 2.38. The van der Waals surface area contributed by atoms with Gasteiger partial charge < -0.3 is 0 Å². The normalized spacial score (nSPS) is 19.0. The van der Waals surface area contributed by atoms with E-state index in [4.69, 9.17) is 0 Å². The molecule has 2 nitrogen and oxygen atoms in total. The van der Waals surface area contributed by atoms with Crippen LogP contribution in [0.25, 0.3) is 0 Å². The van der Waals surface area contributed by atoms with Crippen LogP contribution in [0.1, 0.15) is 15.9 Å². The minimum absolute atomic E-state index is 0.0682. The first-order chi connectivity index (χ1) is 7.52. The molecular weight excluding hydrogens is 282 g/mol. The highest BCUT2D eigenvalue weighted by Crippen LogP contribution is 2.33. The molecule has 1 aromatic rings. The lowest BCUT2D eigenvalue weighted by molar-refractivity contribution is -0.131. The standard InChI is InChI=1S/C11H7BrF2O2/c12-8-3-1-2-5-6(8)4-7(9(5)15)10(16)11(13)14/h1-3,7,11H,4H2. The Morgan fingerprint density at radius 2 is 2.12 bits per heavy atom. The van der Waals surface area contributed by atoms with Gasteiger partial charge in [0.25, 0.3) is 6.43 Å². The molecule has 0 N–H and O–H groups in total. The highest BCUT2D eigenvalue weighted by atomic mass is 79.9. The predicted octanol–water partition coefficient (Wildman–Crippen LogP) is 2.64. The minimum atomic E-state index is -3.08. The van der Waals surface area contributed by atoms with E-state index in [9.17, 15) is 18.4 Å². The molecule has 1 atom stereocenters. The first-order valence-electron chi connectivity index (χ1n) is 4.66. The fourth-order valence-corrected chi connectivity index (χ4v) is 2.39. The molecule has 84 valence electrons. The van der Waals surface area contributed by atoms with Gasteiger partial charge in [0.15, 0.2) is 5.78 Å². The molecule has 1 unspecified atom stereocenters. The van der Waals surface area contributed by atoms with E-state index in [1.54, 1.807) is 18.2 Å². The van der Waals surface area contributed by atoms with Crippen LogP contribution in [-0.2, 0) is 11.2 Å². The van der Waals surface area contributed by atoms with Crippen LogP contribution < -0.4 is 0 Å². The lowest BCUT2D eigenvalue weighted by Gasteiger charge is -2.04. The molecule has 0 aromatic heterocycles. The fraction of sp³-hybridized carbons (Fsp3) is 0.273. The Hall–Kier alpha value is -1.10. The number of alkyl halides is 2. The molecule has 0 saturated heterocycles. The summed E-state index contributed by atoms with van der Waals surface area (Å²) < 4.78 is 25.2. The number of rotatable bonds is 2. The second-order valence-electron chi connectivity index (χ2n) is 3.59. The molecule has 2 rings (SSSR count). The molecule has 1 aromatic carbocycles. The number of carbonyl (C=O) groups is 2. The Morgan fingerprint density at radius 1 is 1.44 bits per heavy atom. The molecular formula is C11H7BrF2O2. The van der Waals surface area contributed by atoms with E-state index in [0.29, 0.717) is 15.6 Å². The number of carbonyl (C=O) groups excluding carboxylic acids is 2. The molecule has 5 heteroatoms. The van der Waals surface area contributed by atoms with Gasteiger partial charge in [-0.1, -0.05) is 28.1 Å². The molecule has 0 radical (unpaired) electrons. The molecule has 0 aliphatic heterocycles. The summed E-state index contributed by atoms with van der Waals surface area (Å²) in [7, 11) is 0. The first kappa shape index (κ1) is 11.4. The van der Waals surface area contributed by atoms with Gasteiger partial charge >= 0.3 is 0 Å². The molecule has 0 spiro atoms. The molecule has 0 bridgehead atoms. The second kappa shape index (κ2) is 4.05. The Labute approximate surface area is 98.8 Å². The average molecular weight is 289 g/mol. The maximum absolute atomic E-state index is 12.3. The van der Waals surface area contributed by atoms with Crippen molar-refractivity contribution in [2.75, 3.05) is 0 Å². The van der Waals surface area contributed by atoms with Crippen LogP contribution >= 0.6 is 15.9 Å². The number of ketones is 2. The molecule has 16 heavy (non-hydrogen) atoms. The van der Waals surface area contributed by atoms with Crippen LogP contribution in [0.5, 0.6) is 0 Å². The predicted molar refractivity (Wildman–Crippen MR) is 56.7 cm³/mol. The molecule has 0 amide bonds. The number of hydrogen-bond acceptors (Lipinski definition) is 2. The van der Waals surface area contributed by atoms with Crippen LogP contribution in [-0.4, -0.2) is 18.0 Å². The summed E-state index contributed by atoms with van der Waals surface area (Å²) >= 11 is 3.24. The molecule has 0 heterocycles. The van der Waals surface area contributed by atoms with Gasteiger partial charge in [-0.2, -0.15) is 0 Å². The Morgan fingerprint density at radius 3 is 2.69 bits per heavy atom. The van der Waals surface area contributed by atoms with E-state index in [0.717, 1.165) is 0 Å². The fourth-order valence-electron chi connectivity index (χ4n) is 1.86. The van der Waals surface area contributed by atoms with Gasteiger partial charge in [-0.3, -0.25) is 9.59 Å². The largest absolute Gasteiger partial charge is 0.296 e. The van der Waals surface area contributed by atoms with Gasteiger partial charge in [0.2, 0.25) is 5.78 Å². The zero-order valence-corrected chi connectivity index (χ0v) is 9.63. The summed E-state index contributed by atoms with van der Waals surface area (Å²) in [5, 5.41) is 0.